The van der Waals surface area contributed by atoms with Crippen molar-refractivity contribution in [2.24, 2.45) is 0 Å². The molecule has 0 aliphatic heterocycles. The van der Waals surface area contributed by atoms with E-state index in [2.05, 4.69) is 15.9 Å². The fraction of sp³-hybridized carbons (Fsp3) is 0.455. The molecule has 0 aliphatic rings. The van der Waals surface area contributed by atoms with Crippen molar-refractivity contribution in [3.05, 3.63) is 34.3 Å². The molecule has 0 unspecified atom stereocenters. The molecule has 0 saturated carbocycles. The molecular weight excluding hydrogens is 307 g/mol. The van der Waals surface area contributed by atoms with Gasteiger partial charge < -0.3 is 14.2 Å². The van der Waals surface area contributed by atoms with E-state index in [4.69, 9.17) is 9.05 Å². The van der Waals surface area contributed by atoms with Crippen LogP contribution >= 0.6 is 23.5 Å². The third kappa shape index (κ3) is 3.39. The highest BCUT2D eigenvalue weighted by Gasteiger charge is 2.37. The highest BCUT2D eigenvalue weighted by atomic mass is 79.9. The summed E-state index contributed by atoms with van der Waals surface area (Å²) in [6.45, 7) is 1.78. The van der Waals surface area contributed by atoms with Crippen LogP contribution in [0.1, 0.15) is 18.4 Å². The van der Waals surface area contributed by atoms with Crippen LogP contribution < -0.4 is 0 Å². The molecule has 0 spiro atoms. The van der Waals surface area contributed by atoms with E-state index in [9.17, 15) is 9.67 Å². The number of hydrogen-bond acceptors (Lipinski definition) is 4. The molecule has 0 aromatic heterocycles. The lowest BCUT2D eigenvalue weighted by atomic mass is 10.0. The predicted octanol–water partition coefficient (Wildman–Crippen LogP) is 3.36. The van der Waals surface area contributed by atoms with Gasteiger partial charge in [-0.2, -0.15) is 0 Å². The zero-order valence-electron chi connectivity index (χ0n) is 9.96. The minimum atomic E-state index is -3.46. The van der Waals surface area contributed by atoms with E-state index in [1.165, 1.54) is 14.2 Å². The van der Waals surface area contributed by atoms with E-state index in [0.717, 1.165) is 10.0 Å². The van der Waals surface area contributed by atoms with Gasteiger partial charge in [-0.15, -0.1) is 0 Å². The molecule has 0 bridgehead atoms. The van der Waals surface area contributed by atoms with Crippen LogP contribution in [-0.4, -0.2) is 25.2 Å². The van der Waals surface area contributed by atoms with Crippen molar-refractivity contribution in [2.45, 2.75) is 18.7 Å². The van der Waals surface area contributed by atoms with Gasteiger partial charge in [0.15, 0.2) is 5.85 Å². The quantitative estimate of drug-likeness (QED) is 0.844. The molecule has 1 aromatic carbocycles. The van der Waals surface area contributed by atoms with Crippen molar-refractivity contribution in [1.82, 2.24) is 0 Å². The minimum Gasteiger partial charge on any atom is -0.380 e. The molecule has 0 saturated heterocycles. The Morgan fingerprint density at radius 2 is 1.71 bits per heavy atom. The molecule has 1 rings (SSSR count). The Morgan fingerprint density at radius 3 is 2.12 bits per heavy atom. The van der Waals surface area contributed by atoms with Crippen LogP contribution in [-0.2, 0) is 13.6 Å². The number of halogens is 1. The zero-order valence-corrected chi connectivity index (χ0v) is 12.4. The summed E-state index contributed by atoms with van der Waals surface area (Å²) in [7, 11) is -0.930. The summed E-state index contributed by atoms with van der Waals surface area (Å²) in [5, 5.41) is 10.0. The maximum Gasteiger partial charge on any atom is 0.358 e. The lowest BCUT2D eigenvalue weighted by molar-refractivity contribution is 0.158. The molecule has 0 aliphatic carbocycles. The van der Waals surface area contributed by atoms with Gasteiger partial charge in [-0.3, -0.25) is 4.57 Å². The molecule has 1 aromatic rings. The summed E-state index contributed by atoms with van der Waals surface area (Å²) in [4.78, 5) is 0. The topological polar surface area (TPSA) is 55.8 Å². The van der Waals surface area contributed by atoms with E-state index in [-0.39, 0.29) is 5.92 Å². The van der Waals surface area contributed by atoms with E-state index >= 15 is 0 Å². The Bertz CT molecular complexity index is 398. The Balaban J connectivity index is 2.93. The number of rotatable bonds is 5. The van der Waals surface area contributed by atoms with E-state index in [0.29, 0.717) is 0 Å². The molecule has 0 heterocycles. The molecule has 0 fully saturated rings. The minimum absolute atomic E-state index is 0.339. The van der Waals surface area contributed by atoms with Crippen molar-refractivity contribution in [3.8, 4) is 0 Å². The van der Waals surface area contributed by atoms with Gasteiger partial charge in [0.25, 0.3) is 0 Å². The largest absolute Gasteiger partial charge is 0.380 e. The van der Waals surface area contributed by atoms with Crippen LogP contribution in [0.25, 0.3) is 0 Å². The van der Waals surface area contributed by atoms with Gasteiger partial charge in [0, 0.05) is 24.6 Å². The fourth-order valence-electron chi connectivity index (χ4n) is 1.50. The van der Waals surface area contributed by atoms with Gasteiger partial charge in [-0.05, 0) is 17.7 Å². The van der Waals surface area contributed by atoms with E-state index in [1.807, 2.05) is 24.3 Å². The Kier molecular flexibility index (Phi) is 5.35. The normalized spacial score (nSPS) is 15.6. The first-order valence-corrected chi connectivity index (χ1v) is 7.50. The van der Waals surface area contributed by atoms with E-state index in [1.54, 1.807) is 6.92 Å². The van der Waals surface area contributed by atoms with Gasteiger partial charge in [0.05, 0.1) is 0 Å². The molecule has 4 nitrogen and oxygen atoms in total. The molecule has 17 heavy (non-hydrogen) atoms. The van der Waals surface area contributed by atoms with E-state index < -0.39 is 13.4 Å². The van der Waals surface area contributed by atoms with Crippen molar-refractivity contribution >= 4 is 23.5 Å². The second-order valence-electron chi connectivity index (χ2n) is 3.66. The zero-order chi connectivity index (χ0) is 13.1. The SMILES string of the molecule is COP(=O)(OC)[C@H](O)[C@H](C)c1ccc(Br)cc1. The molecule has 6 heteroatoms. The summed E-state index contributed by atoms with van der Waals surface area (Å²) >= 11 is 3.33. The third-order valence-corrected chi connectivity index (χ3v) is 5.32. The van der Waals surface area contributed by atoms with Crippen molar-refractivity contribution in [2.75, 3.05) is 14.2 Å². The average molecular weight is 323 g/mol. The van der Waals surface area contributed by atoms with Crippen LogP contribution in [0.2, 0.25) is 0 Å². The van der Waals surface area contributed by atoms with Crippen LogP contribution in [0.4, 0.5) is 0 Å². The first kappa shape index (κ1) is 14.9. The standard InChI is InChI=1S/C11H16BrO4P/c1-8(9-4-6-10(12)7-5-9)11(13)17(14,15-2)16-3/h4-8,11,13H,1-3H3/t8-,11+/m1/s1. The van der Waals surface area contributed by atoms with Crippen LogP contribution in [0, 0.1) is 0 Å². The predicted molar refractivity (Wildman–Crippen MR) is 70.2 cm³/mol. The summed E-state index contributed by atoms with van der Waals surface area (Å²) < 4.78 is 22.6. The average Bonchev–Trinajstić information content (AvgIpc) is 2.37. The monoisotopic (exact) mass is 322 g/mol. The van der Waals surface area contributed by atoms with Gasteiger partial charge >= 0.3 is 7.60 Å². The molecule has 96 valence electrons. The summed E-state index contributed by atoms with van der Waals surface area (Å²) in [6, 6.07) is 7.44. The molecule has 2 atom stereocenters. The highest BCUT2D eigenvalue weighted by Crippen LogP contribution is 2.54. The first-order chi connectivity index (χ1) is 7.94. The Morgan fingerprint density at radius 1 is 1.24 bits per heavy atom. The summed E-state index contributed by atoms with van der Waals surface area (Å²) in [5.41, 5.74) is 0.870. The number of hydrogen-bond donors (Lipinski definition) is 1. The summed E-state index contributed by atoms with van der Waals surface area (Å²) in [5.74, 6) is -1.52. The molecule has 1 N–H and O–H groups in total. The Hall–Kier alpha value is -0.190. The second kappa shape index (κ2) is 6.12. The third-order valence-electron chi connectivity index (χ3n) is 2.68. The second-order valence-corrected chi connectivity index (χ2v) is 6.91. The lowest BCUT2D eigenvalue weighted by Crippen LogP contribution is -2.18. The number of aliphatic hydroxyl groups excluding tert-OH is 1. The maximum atomic E-state index is 12.0. The first-order valence-electron chi connectivity index (χ1n) is 5.09. The van der Waals surface area contributed by atoms with Crippen molar-refractivity contribution < 1.29 is 18.7 Å². The van der Waals surface area contributed by atoms with Gasteiger partial charge in [-0.1, -0.05) is 35.0 Å². The van der Waals surface area contributed by atoms with Gasteiger partial charge in [0.1, 0.15) is 0 Å². The van der Waals surface area contributed by atoms with Gasteiger partial charge in [-0.25, -0.2) is 0 Å². The Labute approximate surface area is 110 Å². The smallest absolute Gasteiger partial charge is 0.358 e. The molecule has 0 radical (unpaired) electrons. The van der Waals surface area contributed by atoms with Crippen molar-refractivity contribution in [3.63, 3.8) is 0 Å². The van der Waals surface area contributed by atoms with Crippen molar-refractivity contribution in [1.29, 1.82) is 0 Å². The van der Waals surface area contributed by atoms with Gasteiger partial charge in [0.2, 0.25) is 0 Å². The van der Waals surface area contributed by atoms with Crippen LogP contribution in [0.15, 0.2) is 28.7 Å². The summed E-state index contributed by atoms with van der Waals surface area (Å²) in [6.07, 6.45) is 0. The van der Waals surface area contributed by atoms with Crippen LogP contribution in [0.5, 0.6) is 0 Å². The number of benzene rings is 1. The molecular formula is C11H16BrO4P. The van der Waals surface area contributed by atoms with Crippen LogP contribution in [0.3, 0.4) is 0 Å². The lowest BCUT2D eigenvalue weighted by Gasteiger charge is -2.25. The number of aliphatic hydroxyl groups is 1. The molecule has 0 amide bonds. The fourth-order valence-corrected chi connectivity index (χ4v) is 3.07. The highest BCUT2D eigenvalue weighted by molar-refractivity contribution is 9.10. The maximum absolute atomic E-state index is 12.0.